The van der Waals surface area contributed by atoms with Gasteiger partial charge < -0.3 is 14.0 Å². The summed E-state index contributed by atoms with van der Waals surface area (Å²) in [5, 5.41) is 8.34. The van der Waals surface area contributed by atoms with Crippen LogP contribution in [0.1, 0.15) is 60.3 Å². The molecule has 12 rings (SSSR count). The predicted molar refractivity (Wildman–Crippen MR) is 303 cm³/mol. The average Bonchev–Trinajstić information content (AvgIpc) is 4.00. The second kappa shape index (κ2) is 19.8. The molecule has 0 saturated heterocycles. The van der Waals surface area contributed by atoms with Crippen LogP contribution < -0.4 is 5.19 Å². The fraction of sp³-hybridized carbons (Fsp3) is 0.152. The van der Waals surface area contributed by atoms with E-state index in [-0.39, 0.29) is 31.9 Å². The molecule has 6 heteroatoms. The van der Waals surface area contributed by atoms with E-state index in [2.05, 4.69) is 202 Å². The quantitative estimate of drug-likeness (QED) is 0.0865. The van der Waals surface area contributed by atoms with Gasteiger partial charge in [0.15, 0.2) is 0 Å². The summed E-state index contributed by atoms with van der Waals surface area (Å²) in [6.07, 6.45) is 1.83. The molecular formula is C66H57IrN3OSi-2. The summed E-state index contributed by atoms with van der Waals surface area (Å²) in [7, 11) is -1.46. The third-order valence-electron chi connectivity index (χ3n) is 13.8. The van der Waals surface area contributed by atoms with Gasteiger partial charge in [0, 0.05) is 41.5 Å². The predicted octanol–water partition coefficient (Wildman–Crippen LogP) is 17.7. The Hall–Kier alpha value is -7.21. The summed E-state index contributed by atoms with van der Waals surface area (Å²) in [6.45, 7) is 13.9. The monoisotopic (exact) mass is 1130 g/mol. The molecule has 1 radical (unpaired) electrons. The Morgan fingerprint density at radius 3 is 2.01 bits per heavy atom. The Morgan fingerprint density at radius 2 is 1.29 bits per heavy atom. The molecule has 3 heterocycles. The van der Waals surface area contributed by atoms with Crippen LogP contribution in [0.25, 0.3) is 105 Å². The Kier molecular flexibility index (Phi) is 12.3. The van der Waals surface area contributed by atoms with Gasteiger partial charge in [-0.1, -0.05) is 191 Å². The van der Waals surface area contributed by atoms with E-state index in [4.69, 9.17) is 13.5 Å². The summed E-state index contributed by atoms with van der Waals surface area (Å²) in [5.74, 6) is 1.40. The normalized spacial score (nSPS) is 12.5. The van der Waals surface area contributed by atoms with Gasteiger partial charge in [-0.05, 0) is 109 Å². The molecule has 0 saturated carbocycles. The van der Waals surface area contributed by atoms with Gasteiger partial charge in [-0.25, -0.2) is 0 Å². The van der Waals surface area contributed by atoms with E-state index < -0.39 is 14.9 Å². The number of pyridine rings is 1. The van der Waals surface area contributed by atoms with Gasteiger partial charge in [-0.15, -0.1) is 47.5 Å². The van der Waals surface area contributed by atoms with Crippen LogP contribution in [0, 0.1) is 19.0 Å². The number of furan rings is 1. The zero-order valence-electron chi connectivity index (χ0n) is 44.6. The topological polar surface area (TPSA) is 43.9 Å². The third kappa shape index (κ3) is 9.05. The second-order valence-electron chi connectivity index (χ2n) is 20.2. The molecule has 0 aliphatic heterocycles. The summed E-state index contributed by atoms with van der Waals surface area (Å²) in [5.41, 5.74) is 14.4. The maximum atomic E-state index is 7.86. The molecule has 357 valence electrons. The van der Waals surface area contributed by atoms with E-state index in [1.807, 2.05) is 48.7 Å². The number of benzene rings is 9. The van der Waals surface area contributed by atoms with Gasteiger partial charge in [0.25, 0.3) is 0 Å². The van der Waals surface area contributed by atoms with Crippen LogP contribution in [0.3, 0.4) is 0 Å². The number of nitrogens with zero attached hydrogens (tertiary/aromatic N) is 3. The van der Waals surface area contributed by atoms with Crippen LogP contribution in [0.4, 0.5) is 0 Å². The van der Waals surface area contributed by atoms with E-state index in [9.17, 15) is 0 Å². The maximum Gasteiger partial charge on any atom is 0.121 e. The molecule has 0 unspecified atom stereocenters. The Bertz CT molecular complexity index is 4030. The van der Waals surface area contributed by atoms with Crippen LogP contribution in [0.2, 0.25) is 19.6 Å². The molecule has 9 aromatic carbocycles. The van der Waals surface area contributed by atoms with Crippen molar-refractivity contribution in [3.8, 4) is 50.6 Å². The first-order valence-electron chi connectivity index (χ1n) is 26.1. The second-order valence-corrected chi connectivity index (χ2v) is 25.3. The number of aromatic nitrogens is 3. The zero-order valence-corrected chi connectivity index (χ0v) is 45.0. The van der Waals surface area contributed by atoms with Crippen molar-refractivity contribution in [2.75, 3.05) is 0 Å². The van der Waals surface area contributed by atoms with E-state index in [0.717, 1.165) is 61.2 Å². The standard InChI is InChI=1S/C45H35N2O.C21H22NSi.Ir/c1-27(2)36-24-32(29-13-6-5-7-14-29)25-37(28(3)4)43(36)47-41-20-11-10-19-40(41)46-45(47)35-18-12-17-34-39-23-31-22-21-30-15-8-9-16-33(30)38(31)26-42(39)48-44(34)35;1-16-10-11-18(14-20(16)17-8-6-5-7-9-17)21-15-19(12-13-22-21)23(2,3)4;/h5-17,19-28H,1-4H3;5-10,12-15H,1-4H3;/q2*-1;/i;1D3;. The molecule has 0 amide bonds. The van der Waals surface area contributed by atoms with Gasteiger partial charge in [-0.2, -0.15) is 0 Å². The molecule has 0 aliphatic carbocycles. The van der Waals surface area contributed by atoms with Crippen LogP contribution in [0.5, 0.6) is 0 Å². The minimum atomic E-state index is -2.19. The van der Waals surface area contributed by atoms with E-state index in [1.54, 1.807) is 6.07 Å². The van der Waals surface area contributed by atoms with Gasteiger partial charge in [0.1, 0.15) is 5.58 Å². The molecule has 0 fully saturated rings. The Labute approximate surface area is 442 Å². The number of para-hydroxylation sites is 2. The van der Waals surface area contributed by atoms with Gasteiger partial charge >= 0.3 is 0 Å². The fourth-order valence-electron chi connectivity index (χ4n) is 9.98. The molecule has 4 nitrogen and oxygen atoms in total. The molecule has 12 aromatic rings. The van der Waals surface area contributed by atoms with E-state index >= 15 is 0 Å². The Balaban J connectivity index is 0.000000202. The number of rotatable bonds is 8. The first-order valence-corrected chi connectivity index (χ1v) is 28.1. The summed E-state index contributed by atoms with van der Waals surface area (Å²) in [6, 6.07) is 69.5. The maximum absolute atomic E-state index is 7.86. The Morgan fingerprint density at radius 1 is 0.611 bits per heavy atom. The van der Waals surface area contributed by atoms with Crippen LogP contribution in [0.15, 0.2) is 193 Å². The van der Waals surface area contributed by atoms with Gasteiger partial charge in [0.05, 0.1) is 30.5 Å². The number of fused-ring (bicyclic) bond motifs is 7. The molecule has 0 aliphatic rings. The van der Waals surface area contributed by atoms with Gasteiger partial charge in [0.2, 0.25) is 0 Å². The van der Waals surface area contributed by atoms with Crippen molar-refractivity contribution in [2.24, 2.45) is 0 Å². The zero-order chi connectivity index (χ0) is 51.5. The summed E-state index contributed by atoms with van der Waals surface area (Å²) in [4.78, 5) is 9.83. The number of aryl methyl sites for hydroxylation is 1. The van der Waals surface area contributed by atoms with E-state index in [1.165, 1.54) is 54.7 Å². The van der Waals surface area contributed by atoms with Crippen molar-refractivity contribution in [3.05, 3.63) is 217 Å². The molecule has 3 aromatic heterocycles. The average molecular weight is 1130 g/mol. The first-order chi connectivity index (χ1) is 35.6. The van der Waals surface area contributed by atoms with Crippen LogP contribution in [-0.2, 0) is 20.1 Å². The number of hydrogen-bond donors (Lipinski definition) is 0. The van der Waals surface area contributed by atoms with Crippen molar-refractivity contribution in [3.63, 3.8) is 0 Å². The number of imidazole rings is 1. The minimum absolute atomic E-state index is 0. The van der Waals surface area contributed by atoms with Crippen LogP contribution in [-0.4, -0.2) is 22.6 Å². The summed E-state index contributed by atoms with van der Waals surface area (Å²) < 4.78 is 32.8. The van der Waals surface area contributed by atoms with Crippen LogP contribution >= 0.6 is 0 Å². The van der Waals surface area contributed by atoms with Crippen molar-refractivity contribution in [2.45, 2.75) is 66.0 Å². The van der Waals surface area contributed by atoms with Crippen molar-refractivity contribution in [1.82, 2.24) is 14.5 Å². The van der Waals surface area contributed by atoms with Gasteiger partial charge in [-0.3, -0.25) is 4.98 Å². The third-order valence-corrected chi connectivity index (χ3v) is 15.8. The smallest absolute Gasteiger partial charge is 0.121 e. The molecule has 72 heavy (non-hydrogen) atoms. The van der Waals surface area contributed by atoms with Crippen molar-refractivity contribution in [1.29, 1.82) is 0 Å². The summed E-state index contributed by atoms with van der Waals surface area (Å²) >= 11 is 0. The molecular weight excluding hydrogens is 1070 g/mol. The molecule has 0 spiro atoms. The minimum Gasteiger partial charge on any atom is -0.501 e. The van der Waals surface area contributed by atoms with Crippen molar-refractivity contribution >= 4 is 67.8 Å². The molecule has 0 bridgehead atoms. The molecule has 0 N–H and O–H groups in total. The number of hydrogen-bond acceptors (Lipinski definition) is 3. The fourth-order valence-corrected chi connectivity index (χ4v) is 11.1. The van der Waals surface area contributed by atoms with Crippen molar-refractivity contribution < 1.29 is 28.6 Å². The van der Waals surface area contributed by atoms with E-state index in [0.29, 0.717) is 11.1 Å². The molecule has 0 atom stereocenters. The first kappa shape index (κ1) is 44.7. The SMILES string of the molecule is CC(C)c1cc(-c2ccccc2)cc(C(C)C)c1-n1c(-c2[c-]ccc3c2oc2cc4c(ccc5ccccc54)cc23)nc2ccccc21.[2H]C([2H])([2H])c1c[c-]c(-c2cc([Si](C)(C)C)ccn2)cc1-c1ccccc1.[Ir]. The largest absolute Gasteiger partial charge is 0.501 e.